The van der Waals surface area contributed by atoms with E-state index < -0.39 is 0 Å². The van der Waals surface area contributed by atoms with Crippen LogP contribution in [0.5, 0.6) is 0 Å². The molecule has 1 nitrogen and oxygen atoms in total. The molecule has 0 unspecified atom stereocenters. The van der Waals surface area contributed by atoms with E-state index in [2.05, 4.69) is 279 Å². The maximum Gasteiger partial charge on any atom is 0.0546 e. The summed E-state index contributed by atoms with van der Waals surface area (Å²) >= 11 is 0. The Bertz CT molecular complexity index is 3870. The number of allylic oxidation sites excluding steroid dienone is 4. The Kier molecular flexibility index (Phi) is 13.8. The maximum atomic E-state index is 3.36. The van der Waals surface area contributed by atoms with Crippen LogP contribution in [0.4, 0.5) is 17.1 Å². The van der Waals surface area contributed by atoms with Gasteiger partial charge in [0, 0.05) is 16.8 Å². The molecule has 0 N–H and O–H groups in total. The summed E-state index contributed by atoms with van der Waals surface area (Å²) in [6, 6.07) is 95.8. The lowest BCUT2D eigenvalue weighted by Crippen LogP contribution is -2.10. The second kappa shape index (κ2) is 21.7. The van der Waals surface area contributed by atoms with E-state index in [-0.39, 0.29) is 0 Å². The highest BCUT2D eigenvalue weighted by atomic mass is 15.1. The van der Waals surface area contributed by atoms with Crippen LogP contribution in [0.2, 0.25) is 0 Å². The fourth-order valence-electron chi connectivity index (χ4n) is 10.9. The molecule has 1 heteroatoms. The average Bonchev–Trinajstić information content (AvgIpc) is 3.50. The van der Waals surface area contributed by atoms with Gasteiger partial charge in [0.05, 0.1) is 5.69 Å². The van der Waals surface area contributed by atoms with Crippen molar-refractivity contribution in [3.8, 4) is 44.5 Å². The summed E-state index contributed by atoms with van der Waals surface area (Å²) < 4.78 is 0. The van der Waals surface area contributed by atoms with E-state index in [1.54, 1.807) is 12.2 Å². The van der Waals surface area contributed by atoms with Crippen molar-refractivity contribution in [1.82, 2.24) is 0 Å². The third kappa shape index (κ3) is 9.07. The highest BCUT2D eigenvalue weighted by Crippen LogP contribution is 2.48. The SMILES string of the molecule is C/C=C\C.C=CC=C.c1ccc(-c2c3ccccc3c(-c3ccc(N(c4ccc(-c5c6ccccc6c(-c6ccccc6)c6ccccc56)cc4)c4cc5ccccc5c5ccccc45)cc3)c3ccccc23)cc1. The minimum Gasteiger partial charge on any atom is -0.310 e. The number of hydrogen-bond acceptors (Lipinski definition) is 1. The van der Waals surface area contributed by atoms with Crippen molar-refractivity contribution in [2.75, 3.05) is 4.90 Å². The molecule has 13 aromatic rings. The van der Waals surface area contributed by atoms with E-state index in [1.807, 2.05) is 26.0 Å². The quantitative estimate of drug-likeness (QED) is 0.0635. The summed E-state index contributed by atoms with van der Waals surface area (Å²) in [4.78, 5) is 2.45. The van der Waals surface area contributed by atoms with Gasteiger partial charge in [-0.15, -0.1) is 0 Å². The second-order valence-corrected chi connectivity index (χ2v) is 18.6. The molecule has 0 atom stereocenters. The Morgan fingerprint density at radius 3 is 0.853 bits per heavy atom. The molecule has 0 aliphatic carbocycles. The molecule has 0 spiro atoms. The average molecular weight is 960 g/mol. The van der Waals surface area contributed by atoms with Crippen molar-refractivity contribution in [2.24, 2.45) is 0 Å². The minimum absolute atomic E-state index is 1.09. The van der Waals surface area contributed by atoms with Gasteiger partial charge in [-0.25, -0.2) is 0 Å². The zero-order valence-corrected chi connectivity index (χ0v) is 42.5. The predicted octanol–water partition coefficient (Wildman–Crippen LogP) is 21.7. The topological polar surface area (TPSA) is 3.24 Å². The molecule has 13 aromatic carbocycles. The molecule has 0 amide bonds. The Hall–Kier alpha value is -9.56. The van der Waals surface area contributed by atoms with E-state index in [0.717, 1.165) is 17.1 Å². The number of anilines is 3. The lowest BCUT2D eigenvalue weighted by atomic mass is 9.86. The van der Waals surface area contributed by atoms with Gasteiger partial charge in [0.2, 0.25) is 0 Å². The summed E-state index contributed by atoms with van der Waals surface area (Å²) in [5.74, 6) is 0. The van der Waals surface area contributed by atoms with E-state index in [0.29, 0.717) is 0 Å². The van der Waals surface area contributed by atoms with Crippen LogP contribution < -0.4 is 4.90 Å². The second-order valence-electron chi connectivity index (χ2n) is 18.6. The molecule has 0 heterocycles. The number of benzene rings is 13. The first kappa shape index (κ1) is 47.7. The van der Waals surface area contributed by atoms with Crippen molar-refractivity contribution in [3.63, 3.8) is 0 Å². The fourth-order valence-corrected chi connectivity index (χ4v) is 10.9. The summed E-state index contributed by atoms with van der Waals surface area (Å²) in [6.07, 6.45) is 7.28. The Morgan fingerprint density at radius 2 is 0.533 bits per heavy atom. The standard InChI is InChI=1S/C66H43N.C4H8.C4H6/c1-3-19-44(20-4-1)63-54-27-11-15-31-58(54)65(59-32-16-12-28-55(59)63)46-35-39-49(40-36-46)67(62-43-48-23-7-8-24-51(48)52-25-9-10-26-53(52)62)50-41-37-47(38-42-50)66-60-33-17-13-29-56(60)64(45-21-5-2-6-22-45)57-30-14-18-34-61(57)66;2*1-3-4-2/h1-43H;3-4H,1-2H3;3-4H,1-2H2/b;4-3-;. The Labute approximate surface area is 440 Å². The van der Waals surface area contributed by atoms with Crippen LogP contribution in [0, 0.1) is 0 Å². The molecule has 0 aliphatic rings. The van der Waals surface area contributed by atoms with E-state index in [1.165, 1.54) is 109 Å². The maximum absolute atomic E-state index is 3.36. The first-order valence-corrected chi connectivity index (χ1v) is 25.8. The molecule has 0 aromatic heterocycles. The van der Waals surface area contributed by atoms with Gasteiger partial charge < -0.3 is 4.90 Å². The van der Waals surface area contributed by atoms with Gasteiger partial charge in [0.1, 0.15) is 0 Å². The third-order valence-corrected chi connectivity index (χ3v) is 14.3. The number of fused-ring (bicyclic) bond motifs is 7. The molecular weight excluding hydrogens is 903 g/mol. The Balaban J connectivity index is 0.000000705. The molecular formula is C74H57N. The van der Waals surface area contributed by atoms with Gasteiger partial charge in [-0.2, -0.15) is 0 Å². The lowest BCUT2D eigenvalue weighted by Gasteiger charge is -2.28. The van der Waals surface area contributed by atoms with Crippen LogP contribution in [-0.2, 0) is 0 Å². The van der Waals surface area contributed by atoms with Crippen molar-refractivity contribution in [2.45, 2.75) is 13.8 Å². The summed E-state index contributed by atoms with van der Waals surface area (Å²) in [6.45, 7) is 10.7. The minimum atomic E-state index is 1.09. The zero-order chi connectivity index (χ0) is 51.1. The van der Waals surface area contributed by atoms with Gasteiger partial charge in [0.15, 0.2) is 0 Å². The highest BCUT2D eigenvalue weighted by molar-refractivity contribution is 6.23. The summed E-state index contributed by atoms with van der Waals surface area (Å²) in [7, 11) is 0. The van der Waals surface area contributed by atoms with Crippen molar-refractivity contribution in [1.29, 1.82) is 0 Å². The Morgan fingerprint density at radius 1 is 0.267 bits per heavy atom. The van der Waals surface area contributed by atoms with E-state index >= 15 is 0 Å². The van der Waals surface area contributed by atoms with Crippen LogP contribution in [0.3, 0.4) is 0 Å². The molecule has 0 saturated carbocycles. The van der Waals surface area contributed by atoms with Gasteiger partial charge in [-0.1, -0.05) is 268 Å². The van der Waals surface area contributed by atoms with Crippen LogP contribution in [-0.4, -0.2) is 0 Å². The van der Waals surface area contributed by atoms with E-state index in [9.17, 15) is 0 Å². The third-order valence-electron chi connectivity index (χ3n) is 14.3. The van der Waals surface area contributed by atoms with Crippen LogP contribution in [0.1, 0.15) is 13.8 Å². The smallest absolute Gasteiger partial charge is 0.0546 e. The summed E-state index contributed by atoms with van der Waals surface area (Å²) in [5.41, 5.74) is 13.2. The number of nitrogens with zero attached hydrogens (tertiary/aromatic N) is 1. The van der Waals surface area contributed by atoms with Gasteiger partial charge >= 0.3 is 0 Å². The first-order valence-electron chi connectivity index (χ1n) is 25.8. The molecule has 0 radical (unpaired) electrons. The van der Waals surface area contributed by atoms with Gasteiger partial charge in [0.25, 0.3) is 0 Å². The monoisotopic (exact) mass is 959 g/mol. The fraction of sp³-hybridized carbons (Fsp3) is 0.0270. The molecule has 0 bridgehead atoms. The van der Waals surface area contributed by atoms with Crippen LogP contribution in [0.25, 0.3) is 109 Å². The molecule has 75 heavy (non-hydrogen) atoms. The predicted molar refractivity (Wildman–Crippen MR) is 329 cm³/mol. The summed E-state index contributed by atoms with van der Waals surface area (Å²) in [5, 5.41) is 14.9. The molecule has 13 rings (SSSR count). The lowest BCUT2D eigenvalue weighted by molar-refractivity contribution is 1.30. The highest BCUT2D eigenvalue weighted by Gasteiger charge is 2.22. The van der Waals surface area contributed by atoms with Crippen LogP contribution in [0.15, 0.2) is 298 Å². The first-order chi connectivity index (χ1) is 37.1. The molecule has 0 saturated heterocycles. The number of hydrogen-bond donors (Lipinski definition) is 0. The zero-order valence-electron chi connectivity index (χ0n) is 42.5. The van der Waals surface area contributed by atoms with E-state index in [4.69, 9.17) is 0 Å². The van der Waals surface area contributed by atoms with Crippen LogP contribution >= 0.6 is 0 Å². The van der Waals surface area contributed by atoms with Gasteiger partial charge in [-0.3, -0.25) is 0 Å². The largest absolute Gasteiger partial charge is 0.310 e. The normalized spacial score (nSPS) is 11.1. The van der Waals surface area contributed by atoms with Crippen molar-refractivity contribution >= 4 is 81.7 Å². The van der Waals surface area contributed by atoms with Crippen molar-refractivity contribution in [3.05, 3.63) is 298 Å². The number of rotatable bonds is 8. The van der Waals surface area contributed by atoms with Gasteiger partial charge in [-0.05, 0) is 148 Å². The molecule has 358 valence electrons. The molecule has 0 aliphatic heterocycles. The van der Waals surface area contributed by atoms with Crippen molar-refractivity contribution < 1.29 is 0 Å². The molecule has 0 fully saturated rings.